The van der Waals surface area contributed by atoms with Crippen LogP contribution in [0.25, 0.3) is 0 Å². The number of hydrogen-bond acceptors (Lipinski definition) is 3. The number of aromatic nitrogens is 3. The van der Waals surface area contributed by atoms with Gasteiger partial charge in [-0.3, -0.25) is 0 Å². The maximum atomic E-state index is 5.78. The Morgan fingerprint density at radius 3 is 2.62 bits per heavy atom. The topological polar surface area (TPSA) is 39.9 Å². The van der Waals surface area contributed by atoms with E-state index in [4.69, 9.17) is 27.9 Å². The molecule has 2 rings (SSSR count). The zero-order chi connectivity index (χ0) is 9.26. The molecule has 0 amide bonds. The normalized spacial score (nSPS) is 17.4. The summed E-state index contributed by atoms with van der Waals surface area (Å²) < 4.78 is 6.88. The lowest BCUT2D eigenvalue weighted by atomic mass is 10.2. The van der Waals surface area contributed by atoms with E-state index < -0.39 is 0 Å². The summed E-state index contributed by atoms with van der Waals surface area (Å²) in [6.45, 7) is 1.38. The quantitative estimate of drug-likeness (QED) is 0.724. The van der Waals surface area contributed by atoms with Crippen molar-refractivity contribution in [3.8, 4) is 0 Å². The standard InChI is InChI=1S/C7H9Cl2N3O/c8-1-6-7(2-9)12(11-10-6)5-3-13-4-5/h5H,1-4H2. The zero-order valence-corrected chi connectivity index (χ0v) is 8.42. The number of rotatable bonds is 3. The van der Waals surface area contributed by atoms with E-state index in [-0.39, 0.29) is 0 Å². The first-order valence-corrected chi connectivity index (χ1v) is 5.06. The maximum absolute atomic E-state index is 5.78. The van der Waals surface area contributed by atoms with E-state index in [1.807, 2.05) is 4.68 Å². The van der Waals surface area contributed by atoms with E-state index in [1.54, 1.807) is 0 Å². The van der Waals surface area contributed by atoms with Crippen LogP contribution in [0.5, 0.6) is 0 Å². The number of alkyl halides is 2. The summed E-state index contributed by atoms with van der Waals surface area (Å²) in [6.07, 6.45) is 0. The van der Waals surface area contributed by atoms with Crippen LogP contribution in [-0.4, -0.2) is 28.2 Å². The van der Waals surface area contributed by atoms with Crippen molar-refractivity contribution in [2.24, 2.45) is 0 Å². The third kappa shape index (κ3) is 1.54. The van der Waals surface area contributed by atoms with Gasteiger partial charge in [-0.2, -0.15) is 0 Å². The molecule has 6 heteroatoms. The van der Waals surface area contributed by atoms with Crippen molar-refractivity contribution in [3.05, 3.63) is 11.4 Å². The highest BCUT2D eigenvalue weighted by Crippen LogP contribution is 2.21. The third-order valence-electron chi connectivity index (χ3n) is 2.09. The molecule has 13 heavy (non-hydrogen) atoms. The lowest BCUT2D eigenvalue weighted by Crippen LogP contribution is -2.32. The van der Waals surface area contributed by atoms with Crippen LogP contribution in [0.1, 0.15) is 17.4 Å². The number of nitrogens with zero attached hydrogens (tertiary/aromatic N) is 3. The van der Waals surface area contributed by atoms with Gasteiger partial charge in [0, 0.05) is 0 Å². The van der Waals surface area contributed by atoms with Gasteiger partial charge >= 0.3 is 0 Å². The van der Waals surface area contributed by atoms with Gasteiger partial charge in [0.2, 0.25) is 0 Å². The van der Waals surface area contributed by atoms with Crippen LogP contribution < -0.4 is 0 Å². The molecule has 4 nitrogen and oxygen atoms in total. The van der Waals surface area contributed by atoms with Gasteiger partial charge in [-0.15, -0.1) is 28.3 Å². The van der Waals surface area contributed by atoms with E-state index in [2.05, 4.69) is 10.3 Å². The zero-order valence-electron chi connectivity index (χ0n) is 6.91. The average molecular weight is 222 g/mol. The van der Waals surface area contributed by atoms with Crippen molar-refractivity contribution in [2.75, 3.05) is 13.2 Å². The monoisotopic (exact) mass is 221 g/mol. The molecule has 1 aliphatic rings. The maximum Gasteiger partial charge on any atom is 0.102 e. The molecule has 0 bridgehead atoms. The summed E-state index contributed by atoms with van der Waals surface area (Å²) >= 11 is 11.5. The molecule has 1 aliphatic heterocycles. The van der Waals surface area contributed by atoms with Crippen LogP contribution >= 0.6 is 23.2 Å². The Labute approximate surface area is 85.8 Å². The fourth-order valence-corrected chi connectivity index (χ4v) is 1.73. The van der Waals surface area contributed by atoms with Crippen molar-refractivity contribution >= 4 is 23.2 Å². The number of halogens is 2. The summed E-state index contributed by atoms with van der Waals surface area (Å²) in [4.78, 5) is 0. The van der Waals surface area contributed by atoms with Crippen molar-refractivity contribution in [1.82, 2.24) is 15.0 Å². The Bertz CT molecular complexity index is 298. The Morgan fingerprint density at radius 1 is 1.38 bits per heavy atom. The number of ether oxygens (including phenoxy) is 1. The molecule has 1 saturated heterocycles. The van der Waals surface area contributed by atoms with Gasteiger partial charge < -0.3 is 4.74 Å². The van der Waals surface area contributed by atoms with Gasteiger partial charge in [0.1, 0.15) is 11.7 Å². The molecule has 2 heterocycles. The second-order valence-corrected chi connectivity index (χ2v) is 3.42. The highest BCUT2D eigenvalue weighted by Gasteiger charge is 2.25. The van der Waals surface area contributed by atoms with Crippen molar-refractivity contribution in [1.29, 1.82) is 0 Å². The lowest BCUT2D eigenvalue weighted by molar-refractivity contribution is -0.0303. The minimum absolute atomic E-state index is 0.290. The van der Waals surface area contributed by atoms with Crippen LogP contribution in [0, 0.1) is 0 Å². The molecular weight excluding hydrogens is 213 g/mol. The molecule has 0 unspecified atom stereocenters. The Balaban J connectivity index is 2.28. The molecule has 0 radical (unpaired) electrons. The molecule has 1 aromatic heterocycles. The molecule has 0 aliphatic carbocycles. The fourth-order valence-electron chi connectivity index (χ4n) is 1.25. The fraction of sp³-hybridized carbons (Fsp3) is 0.714. The van der Waals surface area contributed by atoms with Crippen molar-refractivity contribution in [3.63, 3.8) is 0 Å². The molecule has 1 fully saturated rings. The van der Waals surface area contributed by atoms with Crippen LogP contribution in [0.4, 0.5) is 0 Å². The molecule has 0 atom stereocenters. The first-order valence-electron chi connectivity index (χ1n) is 3.99. The van der Waals surface area contributed by atoms with E-state index in [0.717, 1.165) is 11.4 Å². The lowest BCUT2D eigenvalue weighted by Gasteiger charge is -2.26. The van der Waals surface area contributed by atoms with Gasteiger partial charge in [-0.05, 0) is 0 Å². The van der Waals surface area contributed by atoms with Gasteiger partial charge in [0.05, 0.1) is 30.7 Å². The Kier molecular flexibility index (Phi) is 2.71. The van der Waals surface area contributed by atoms with E-state index in [0.29, 0.717) is 31.0 Å². The second kappa shape index (κ2) is 3.82. The van der Waals surface area contributed by atoms with E-state index in [9.17, 15) is 0 Å². The van der Waals surface area contributed by atoms with Crippen LogP contribution in [0.3, 0.4) is 0 Å². The summed E-state index contributed by atoms with van der Waals surface area (Å²) in [6, 6.07) is 0.290. The van der Waals surface area contributed by atoms with Gasteiger partial charge in [0.15, 0.2) is 0 Å². The third-order valence-corrected chi connectivity index (χ3v) is 2.60. The first kappa shape index (κ1) is 9.24. The van der Waals surface area contributed by atoms with Crippen molar-refractivity contribution < 1.29 is 4.74 Å². The average Bonchev–Trinajstić information content (AvgIpc) is 2.44. The van der Waals surface area contributed by atoms with Gasteiger partial charge in [0.25, 0.3) is 0 Å². The SMILES string of the molecule is ClCc1nnn(C2COC2)c1CCl. The van der Waals surface area contributed by atoms with Crippen molar-refractivity contribution in [2.45, 2.75) is 17.8 Å². The summed E-state index contributed by atoms with van der Waals surface area (Å²) in [5.74, 6) is 0.751. The summed E-state index contributed by atoms with van der Waals surface area (Å²) in [5, 5.41) is 7.95. The molecule has 0 spiro atoms. The van der Waals surface area contributed by atoms with Crippen LogP contribution in [0.2, 0.25) is 0 Å². The Morgan fingerprint density at radius 2 is 2.15 bits per heavy atom. The molecule has 0 aromatic carbocycles. The minimum Gasteiger partial charge on any atom is -0.377 e. The van der Waals surface area contributed by atoms with Gasteiger partial charge in [-0.25, -0.2) is 4.68 Å². The summed E-state index contributed by atoms with van der Waals surface area (Å²) in [5.41, 5.74) is 1.67. The van der Waals surface area contributed by atoms with Crippen LogP contribution in [0.15, 0.2) is 0 Å². The number of hydrogen-bond donors (Lipinski definition) is 0. The molecule has 1 aromatic rings. The minimum atomic E-state index is 0.290. The largest absolute Gasteiger partial charge is 0.377 e. The molecular formula is C7H9Cl2N3O. The Hall–Kier alpha value is -0.320. The van der Waals surface area contributed by atoms with E-state index in [1.165, 1.54) is 0 Å². The highest BCUT2D eigenvalue weighted by molar-refractivity contribution is 6.18. The molecule has 0 N–H and O–H groups in total. The predicted octanol–water partition coefficient (Wildman–Crippen LogP) is 1.33. The summed E-state index contributed by atoms with van der Waals surface area (Å²) in [7, 11) is 0. The van der Waals surface area contributed by atoms with E-state index >= 15 is 0 Å². The second-order valence-electron chi connectivity index (χ2n) is 2.89. The predicted molar refractivity (Wildman–Crippen MR) is 49.0 cm³/mol. The van der Waals surface area contributed by atoms with Gasteiger partial charge in [-0.1, -0.05) is 5.21 Å². The molecule has 0 saturated carbocycles. The smallest absolute Gasteiger partial charge is 0.102 e. The molecule has 72 valence electrons. The van der Waals surface area contributed by atoms with Crippen LogP contribution in [-0.2, 0) is 16.5 Å². The highest BCUT2D eigenvalue weighted by atomic mass is 35.5. The first-order chi connectivity index (χ1) is 6.36.